The van der Waals surface area contributed by atoms with Crippen LogP contribution in [0.3, 0.4) is 0 Å². The van der Waals surface area contributed by atoms with Crippen molar-refractivity contribution in [2.75, 3.05) is 22.1 Å². The highest BCUT2D eigenvalue weighted by molar-refractivity contribution is 6.15. The number of amides is 3. The van der Waals surface area contributed by atoms with Gasteiger partial charge in [0.05, 0.1) is 87.2 Å². The number of Topliss-reactive ketones (excluding diaryl/α,β-unsaturated/α-hetero) is 10. The van der Waals surface area contributed by atoms with Crippen LogP contribution < -0.4 is 20.3 Å². The molecule has 121 heavy (non-hydrogen) atoms. The molecule has 28 heteroatoms. The zero-order valence-electron chi connectivity index (χ0n) is 71.5. The molecule has 2 aliphatic heterocycles. The summed E-state index contributed by atoms with van der Waals surface area (Å²) in [6.07, 6.45) is 22.9. The fourth-order valence-electron chi connectivity index (χ4n) is 15.5. The van der Waals surface area contributed by atoms with Gasteiger partial charge in [0.1, 0.15) is 22.9 Å². The van der Waals surface area contributed by atoms with Gasteiger partial charge in [0.25, 0.3) is 5.91 Å². The number of carbonyl (C=O) groups excluding carboxylic acids is 13. The van der Waals surface area contributed by atoms with Crippen LogP contribution in [0.2, 0.25) is 0 Å². The van der Waals surface area contributed by atoms with Crippen LogP contribution >= 0.6 is 0 Å². The number of ether oxygens (including phenoxy) is 2. The summed E-state index contributed by atoms with van der Waals surface area (Å²) in [5.74, 6) is -0.405. The van der Waals surface area contributed by atoms with Gasteiger partial charge in [0.15, 0.2) is 46.3 Å². The van der Waals surface area contributed by atoms with Crippen molar-refractivity contribution in [2.45, 2.75) is 175 Å². The predicted octanol–water partition coefficient (Wildman–Crippen LogP) is 14.2. The number of anilines is 3. The molecule has 0 radical (unpaired) electrons. The number of rotatable bonds is 39. The summed E-state index contributed by atoms with van der Waals surface area (Å²) in [4.78, 5) is 178. The zero-order chi connectivity index (χ0) is 87.4. The second kappa shape index (κ2) is 38.8. The molecule has 0 unspecified atom stereocenters. The van der Waals surface area contributed by atoms with Crippen LogP contribution in [0.5, 0.6) is 5.75 Å². The van der Waals surface area contributed by atoms with Crippen LogP contribution in [0.15, 0.2) is 133 Å². The largest absolute Gasteiger partial charge is 0.493 e. The first kappa shape index (κ1) is 88.8. The second-order valence-electron chi connectivity index (χ2n) is 32.9. The van der Waals surface area contributed by atoms with Gasteiger partial charge in [-0.2, -0.15) is 0 Å². The van der Waals surface area contributed by atoms with Gasteiger partial charge in [-0.25, -0.2) is 9.78 Å². The van der Waals surface area contributed by atoms with E-state index >= 15 is 0 Å². The van der Waals surface area contributed by atoms with Crippen molar-refractivity contribution >= 4 is 105 Å². The van der Waals surface area contributed by atoms with Crippen molar-refractivity contribution in [1.29, 1.82) is 0 Å². The van der Waals surface area contributed by atoms with Gasteiger partial charge in [-0.15, -0.1) is 0 Å². The lowest BCUT2D eigenvalue weighted by atomic mass is 10.0. The fourth-order valence-corrected chi connectivity index (χ4v) is 15.5. The Morgan fingerprint density at radius 3 is 1.32 bits per heavy atom. The third-order valence-corrected chi connectivity index (χ3v) is 21.4. The molecular weight excluding hydrogens is 1540 g/mol. The SMILES string of the molecule is CC(=O)CCCCCC(=O)c1cc(CC(=O)c2cc(CC(=O)c3cc(CC(=O)c4cc(NC(=O)OC(C)(C)C)cn4C)cn3C)cn2C)cn1C.CC(=O)CCCCCC(=O)c1cc(CC(=O)c2cc(CC(=O)c3nc(CC(=O)c4cc(NC(=O)CCCOc5cc6c(cc5C)C(=O)N5c7ccccc7C[C@H]5C=N6)cn4C)cn3C)cn2C)cn1C. The van der Waals surface area contributed by atoms with E-state index in [1.54, 1.807) is 226 Å². The van der Waals surface area contributed by atoms with Crippen molar-refractivity contribution in [3.05, 3.63) is 224 Å². The lowest BCUT2D eigenvalue weighted by Crippen LogP contribution is -2.37. The molecule has 0 aliphatic carbocycles. The number of ketones is 10. The number of hydrogen-bond donors (Lipinski definition) is 2. The normalized spacial score (nSPS) is 12.8. The van der Waals surface area contributed by atoms with Crippen LogP contribution in [-0.4, -0.2) is 142 Å². The monoisotopic (exact) mass is 1650 g/mol. The van der Waals surface area contributed by atoms with Crippen molar-refractivity contribution in [3.8, 4) is 5.75 Å². The van der Waals surface area contributed by atoms with E-state index < -0.39 is 11.7 Å². The Morgan fingerprint density at radius 1 is 0.446 bits per heavy atom. The van der Waals surface area contributed by atoms with Crippen molar-refractivity contribution in [3.63, 3.8) is 0 Å². The van der Waals surface area contributed by atoms with E-state index in [2.05, 4.69) is 20.6 Å². The third-order valence-electron chi connectivity index (χ3n) is 21.4. The smallest absolute Gasteiger partial charge is 0.412 e. The average molecular weight is 1650 g/mol. The number of hydrogen-bond acceptors (Lipinski definition) is 17. The van der Waals surface area contributed by atoms with Gasteiger partial charge in [0, 0.05) is 195 Å². The van der Waals surface area contributed by atoms with Crippen molar-refractivity contribution in [1.82, 2.24) is 41.5 Å². The fraction of sp³-hybridized carbons (Fsp3) is 0.387. The molecule has 3 amide bonds. The number of carbonyl (C=O) groups is 13. The van der Waals surface area contributed by atoms with Crippen LogP contribution in [0, 0.1) is 6.92 Å². The number of para-hydroxylation sites is 1. The number of aromatic nitrogens is 9. The highest BCUT2D eigenvalue weighted by atomic mass is 16.6. The van der Waals surface area contributed by atoms with E-state index in [1.807, 2.05) is 48.4 Å². The topological polar surface area (TPSA) is 332 Å². The summed E-state index contributed by atoms with van der Waals surface area (Å²) >= 11 is 0. The molecule has 0 saturated heterocycles. The van der Waals surface area contributed by atoms with Gasteiger partial charge in [-0.1, -0.05) is 31.0 Å². The summed E-state index contributed by atoms with van der Waals surface area (Å²) in [6, 6.07) is 23.2. The second-order valence-corrected chi connectivity index (χ2v) is 32.9. The van der Waals surface area contributed by atoms with Crippen LogP contribution in [-0.2, 0) is 120 Å². The van der Waals surface area contributed by atoms with Crippen molar-refractivity contribution < 1.29 is 71.8 Å². The molecule has 12 rings (SSSR count). The van der Waals surface area contributed by atoms with E-state index in [0.717, 1.165) is 48.1 Å². The van der Waals surface area contributed by atoms with Crippen molar-refractivity contribution in [2.24, 2.45) is 61.4 Å². The Balaban J connectivity index is 0.000000249. The van der Waals surface area contributed by atoms with Gasteiger partial charge < -0.3 is 60.9 Å². The molecule has 0 bridgehead atoms. The quantitative estimate of drug-likeness (QED) is 0.0267. The van der Waals surface area contributed by atoms with Gasteiger partial charge in [-0.3, -0.25) is 63.2 Å². The minimum atomic E-state index is -0.656. The highest BCUT2D eigenvalue weighted by Crippen LogP contribution is 2.39. The predicted molar refractivity (Wildman–Crippen MR) is 459 cm³/mol. The highest BCUT2D eigenvalue weighted by Gasteiger charge is 2.37. The molecule has 0 saturated carbocycles. The lowest BCUT2D eigenvalue weighted by molar-refractivity contribution is -0.117. The molecular formula is C93H107N13O15. The lowest BCUT2D eigenvalue weighted by Gasteiger charge is -2.21. The van der Waals surface area contributed by atoms with Crippen LogP contribution in [0.1, 0.15) is 251 Å². The molecule has 10 heterocycles. The minimum absolute atomic E-state index is 0.00502. The first-order valence-corrected chi connectivity index (χ1v) is 40.8. The van der Waals surface area contributed by atoms with E-state index in [-0.39, 0.29) is 133 Å². The molecule has 1 atom stereocenters. The van der Waals surface area contributed by atoms with E-state index in [9.17, 15) is 62.3 Å². The summed E-state index contributed by atoms with van der Waals surface area (Å²) in [6.45, 7) is 10.6. The maximum atomic E-state index is 13.7. The van der Waals surface area contributed by atoms with Gasteiger partial charge in [-0.05, 0) is 167 Å². The van der Waals surface area contributed by atoms with E-state index in [0.29, 0.717) is 148 Å². The van der Waals surface area contributed by atoms with E-state index in [1.165, 1.54) is 0 Å². The zero-order valence-corrected chi connectivity index (χ0v) is 71.5. The molecule has 2 aromatic carbocycles. The standard InChI is InChI=1S/C54H58N8O8.C39H49N5O7/c1-33-19-41-42(55-28-40-24-37-14-10-11-15-43(37)62(40)54(41)69)27-51(33)70-18-12-17-52(68)56-38-25-46(60(5)31-38)49(66)26-39-32-61(6)53(57-39)50(67)23-36-21-45(59(4)30-36)48(65)22-35-20-44(58(3)29-35)47(64)16-9-7-8-13-34(2)63;1-25(45)12-10-9-11-13-34(46)30-14-26(21-41(30)5)17-35(47)31-15-27(22-42(31)6)18-36(48)32-16-28(23-43(32)7)19-37(49)33-20-29(24-44(33)8)40-38(50)51-39(2,3)4/h10-11,14-15,19-21,25,27-32,40H,7-9,12-13,16-18,22-24,26H2,1-6H3,(H,56,68);14-16,20-24H,9-13,17-19H2,1-8H3,(H,40,50)/t40-;/m0./s1. The Morgan fingerprint density at radius 2 is 0.860 bits per heavy atom. The number of unbranched alkanes of at least 4 members (excludes halogenated alkanes) is 4. The van der Waals surface area contributed by atoms with Crippen LogP contribution in [0.25, 0.3) is 0 Å². The summed E-state index contributed by atoms with van der Waals surface area (Å²) in [5.41, 5.74) is 11.2. The Labute approximate surface area is 703 Å². The third kappa shape index (κ3) is 22.9. The maximum Gasteiger partial charge on any atom is 0.412 e. The van der Waals surface area contributed by atoms with Gasteiger partial charge in [0.2, 0.25) is 11.7 Å². The molecule has 10 aromatic rings. The summed E-state index contributed by atoms with van der Waals surface area (Å²) in [5, 5.41) is 5.52. The molecule has 28 nitrogen and oxygen atoms in total. The van der Waals surface area contributed by atoms with Crippen LogP contribution in [0.4, 0.5) is 27.5 Å². The molecule has 8 aromatic heterocycles. The molecule has 0 fully saturated rings. The first-order valence-electron chi connectivity index (χ1n) is 40.8. The van der Waals surface area contributed by atoms with E-state index in [4.69, 9.17) is 9.47 Å². The number of aryl methyl sites for hydroxylation is 9. The maximum absolute atomic E-state index is 13.7. The average Bonchev–Trinajstić information content (AvgIpc) is 1.61. The summed E-state index contributed by atoms with van der Waals surface area (Å²) in [7, 11) is 14.0. The number of benzene rings is 2. The number of fused-ring (bicyclic) bond motifs is 4. The number of nitrogens with one attached hydrogen (secondary N) is 2. The molecule has 2 aliphatic rings. The molecule has 2 N–H and O–H groups in total. The first-order chi connectivity index (χ1) is 57.4. The summed E-state index contributed by atoms with van der Waals surface area (Å²) < 4.78 is 24.8. The number of nitrogens with zero attached hydrogens (tertiary/aromatic N) is 11. The minimum Gasteiger partial charge on any atom is -0.493 e. The molecule has 0 spiro atoms. The number of aliphatic imine (C=N–C) groups is 1. The Hall–Kier alpha value is -13.0. The Kier molecular flexibility index (Phi) is 28.5. The van der Waals surface area contributed by atoms with Gasteiger partial charge >= 0.3 is 6.09 Å². The Bertz CT molecular complexity index is 5720. The molecule has 634 valence electrons. The number of imidazole rings is 1.